The summed E-state index contributed by atoms with van der Waals surface area (Å²) in [6.07, 6.45) is -0.0452. The second kappa shape index (κ2) is 8.94. The molecule has 1 N–H and O–H groups in total. The van der Waals surface area contributed by atoms with Crippen molar-refractivity contribution < 1.29 is 24.0 Å². The lowest BCUT2D eigenvalue weighted by Crippen LogP contribution is -2.28. The van der Waals surface area contributed by atoms with Crippen LogP contribution in [0.3, 0.4) is 0 Å². The number of amides is 1. The van der Waals surface area contributed by atoms with Crippen LogP contribution in [-0.2, 0) is 19.1 Å². The molecule has 0 saturated heterocycles. The maximum Gasteiger partial charge on any atom is 0.307 e. The standard InChI is InChI=1S/C18H21ClN2O6/c1-10-3-4-12(6-15(10)19)20-17(23)9-27-18(24)7-13-14(8-21(25)26)11(2)5-16(13)22/h3-4,6,11,13-14H,5,7-9H2,1-2H3,(H,20,23)/t11-,13-,14+/m1/s1. The average Bonchev–Trinajstić information content (AvgIpc) is 2.83. The number of aryl methyl sites for hydroxylation is 1. The van der Waals surface area contributed by atoms with Crippen molar-refractivity contribution in [1.29, 1.82) is 0 Å². The van der Waals surface area contributed by atoms with Gasteiger partial charge in [-0.1, -0.05) is 24.6 Å². The first-order chi connectivity index (χ1) is 12.7. The maximum absolute atomic E-state index is 12.0. The predicted molar refractivity (Wildman–Crippen MR) is 98.0 cm³/mol. The van der Waals surface area contributed by atoms with Crippen molar-refractivity contribution in [3.05, 3.63) is 38.9 Å². The van der Waals surface area contributed by atoms with E-state index in [9.17, 15) is 24.5 Å². The number of carbonyl (C=O) groups excluding carboxylic acids is 3. The lowest BCUT2D eigenvalue weighted by molar-refractivity contribution is -0.490. The molecular weight excluding hydrogens is 376 g/mol. The largest absolute Gasteiger partial charge is 0.456 e. The molecule has 146 valence electrons. The molecule has 0 heterocycles. The number of nitrogens with zero attached hydrogens (tertiary/aromatic N) is 1. The summed E-state index contributed by atoms with van der Waals surface area (Å²) >= 11 is 5.98. The Labute approximate surface area is 161 Å². The van der Waals surface area contributed by atoms with Gasteiger partial charge in [0.2, 0.25) is 6.54 Å². The highest BCUT2D eigenvalue weighted by molar-refractivity contribution is 6.31. The number of anilines is 1. The fourth-order valence-corrected chi connectivity index (χ4v) is 3.43. The molecule has 0 unspecified atom stereocenters. The summed E-state index contributed by atoms with van der Waals surface area (Å²) in [6.45, 7) is 2.71. The number of esters is 1. The lowest BCUT2D eigenvalue weighted by atomic mass is 9.88. The molecule has 1 aromatic carbocycles. The number of ether oxygens (including phenoxy) is 1. The van der Waals surface area contributed by atoms with Crippen molar-refractivity contribution in [3.63, 3.8) is 0 Å². The molecule has 27 heavy (non-hydrogen) atoms. The van der Waals surface area contributed by atoms with E-state index in [1.54, 1.807) is 25.1 Å². The average molecular weight is 397 g/mol. The van der Waals surface area contributed by atoms with Crippen molar-refractivity contribution in [1.82, 2.24) is 0 Å². The van der Waals surface area contributed by atoms with Crippen LogP contribution < -0.4 is 5.32 Å². The van der Waals surface area contributed by atoms with Gasteiger partial charge in [-0.3, -0.25) is 24.5 Å². The molecule has 8 nitrogen and oxygen atoms in total. The Hall–Kier alpha value is -2.48. The van der Waals surface area contributed by atoms with Gasteiger partial charge in [-0.05, 0) is 30.5 Å². The molecule has 1 aliphatic rings. The van der Waals surface area contributed by atoms with Crippen molar-refractivity contribution in [2.24, 2.45) is 17.8 Å². The Morgan fingerprint density at radius 2 is 2.11 bits per heavy atom. The van der Waals surface area contributed by atoms with E-state index in [4.69, 9.17) is 16.3 Å². The van der Waals surface area contributed by atoms with Crippen molar-refractivity contribution >= 4 is 34.9 Å². The molecule has 1 fully saturated rings. The fraction of sp³-hybridized carbons (Fsp3) is 0.500. The SMILES string of the molecule is Cc1ccc(NC(=O)COC(=O)C[C@H]2C(=O)C[C@@H](C)[C@@H]2C[N+](=O)[O-])cc1Cl. The molecule has 2 rings (SSSR count). The Bertz CT molecular complexity index is 766. The van der Waals surface area contributed by atoms with Gasteiger partial charge in [0, 0.05) is 33.9 Å². The van der Waals surface area contributed by atoms with E-state index >= 15 is 0 Å². The number of halogens is 1. The van der Waals surface area contributed by atoms with Crippen LogP contribution in [0.2, 0.25) is 5.02 Å². The van der Waals surface area contributed by atoms with Crippen molar-refractivity contribution in [2.45, 2.75) is 26.7 Å². The van der Waals surface area contributed by atoms with Crippen LogP contribution in [0.4, 0.5) is 5.69 Å². The summed E-state index contributed by atoms with van der Waals surface area (Å²) in [5.74, 6) is -2.84. The van der Waals surface area contributed by atoms with E-state index in [1.807, 2.05) is 6.92 Å². The third-order valence-corrected chi connectivity index (χ3v) is 5.16. The van der Waals surface area contributed by atoms with Gasteiger partial charge in [-0.25, -0.2) is 0 Å². The van der Waals surface area contributed by atoms with Gasteiger partial charge in [-0.15, -0.1) is 0 Å². The number of carbonyl (C=O) groups is 3. The van der Waals surface area contributed by atoms with Crippen LogP contribution in [0, 0.1) is 34.8 Å². The first-order valence-electron chi connectivity index (χ1n) is 8.53. The molecule has 0 aliphatic heterocycles. The number of ketones is 1. The smallest absolute Gasteiger partial charge is 0.307 e. The topological polar surface area (TPSA) is 116 Å². The quantitative estimate of drug-likeness (QED) is 0.430. The molecule has 0 aromatic heterocycles. The van der Waals surface area contributed by atoms with Crippen LogP contribution in [0.15, 0.2) is 18.2 Å². The second-order valence-corrected chi connectivity index (χ2v) is 7.22. The van der Waals surface area contributed by atoms with Gasteiger partial charge in [0.15, 0.2) is 6.61 Å². The van der Waals surface area contributed by atoms with Gasteiger partial charge in [-0.2, -0.15) is 0 Å². The number of nitro groups is 1. The summed E-state index contributed by atoms with van der Waals surface area (Å²) in [5, 5.41) is 13.8. The number of benzene rings is 1. The summed E-state index contributed by atoms with van der Waals surface area (Å²) in [7, 11) is 0. The van der Waals surface area contributed by atoms with Gasteiger partial charge < -0.3 is 10.1 Å². The van der Waals surface area contributed by atoms with Gasteiger partial charge in [0.25, 0.3) is 5.91 Å². The van der Waals surface area contributed by atoms with Gasteiger partial charge in [0.05, 0.1) is 6.42 Å². The van der Waals surface area contributed by atoms with Crippen molar-refractivity contribution in [2.75, 3.05) is 18.5 Å². The van der Waals surface area contributed by atoms with Gasteiger partial charge >= 0.3 is 5.97 Å². The summed E-state index contributed by atoms with van der Waals surface area (Å²) < 4.78 is 4.92. The highest BCUT2D eigenvalue weighted by atomic mass is 35.5. The normalized spacial score (nSPS) is 21.7. The number of Topliss-reactive ketones (excluding diaryl/α,β-unsaturated/α-hetero) is 1. The monoisotopic (exact) mass is 396 g/mol. The van der Waals surface area contributed by atoms with E-state index in [-0.39, 0.29) is 31.1 Å². The molecule has 3 atom stereocenters. The van der Waals surface area contributed by atoms with Crippen LogP contribution in [-0.4, -0.2) is 35.7 Å². The van der Waals surface area contributed by atoms with Crippen LogP contribution in [0.25, 0.3) is 0 Å². The Balaban J connectivity index is 1.85. The molecule has 1 amide bonds. The summed E-state index contributed by atoms with van der Waals surface area (Å²) in [6, 6.07) is 4.99. The zero-order chi connectivity index (χ0) is 20.1. The minimum absolute atomic E-state index is 0.157. The molecule has 0 spiro atoms. The first-order valence-corrected chi connectivity index (χ1v) is 8.91. The van der Waals surface area contributed by atoms with E-state index in [1.165, 1.54) is 0 Å². The van der Waals surface area contributed by atoms with Gasteiger partial charge in [0.1, 0.15) is 5.78 Å². The van der Waals surface area contributed by atoms with E-state index in [0.717, 1.165) is 5.56 Å². The van der Waals surface area contributed by atoms with Crippen LogP contribution in [0.1, 0.15) is 25.3 Å². The molecule has 1 aromatic rings. The molecule has 0 radical (unpaired) electrons. The Morgan fingerprint density at radius 3 is 2.74 bits per heavy atom. The van der Waals surface area contributed by atoms with E-state index in [0.29, 0.717) is 10.7 Å². The predicted octanol–water partition coefficient (Wildman–Crippen LogP) is 2.64. The molecule has 0 bridgehead atoms. The zero-order valence-electron chi connectivity index (χ0n) is 15.1. The highest BCUT2D eigenvalue weighted by Gasteiger charge is 2.44. The number of nitrogens with one attached hydrogen (secondary N) is 1. The Morgan fingerprint density at radius 1 is 1.41 bits per heavy atom. The minimum atomic E-state index is -0.739. The van der Waals surface area contributed by atoms with Crippen molar-refractivity contribution in [3.8, 4) is 0 Å². The highest BCUT2D eigenvalue weighted by Crippen LogP contribution is 2.36. The minimum Gasteiger partial charge on any atom is -0.456 e. The second-order valence-electron chi connectivity index (χ2n) is 6.81. The molecule has 9 heteroatoms. The molecular formula is C18H21ClN2O6. The maximum atomic E-state index is 12.0. The number of rotatable bonds is 7. The Kier molecular flexibility index (Phi) is 6.90. The molecule has 1 aliphatic carbocycles. The van der Waals surface area contributed by atoms with E-state index in [2.05, 4.69) is 5.32 Å². The molecule has 1 saturated carbocycles. The van der Waals surface area contributed by atoms with Crippen LogP contribution >= 0.6 is 11.6 Å². The summed E-state index contributed by atoms with van der Waals surface area (Å²) in [4.78, 5) is 46.2. The third kappa shape index (κ3) is 5.75. The number of hydrogen-bond acceptors (Lipinski definition) is 6. The lowest BCUT2D eigenvalue weighted by Gasteiger charge is -2.17. The summed E-state index contributed by atoms with van der Waals surface area (Å²) in [5.41, 5.74) is 1.33. The zero-order valence-corrected chi connectivity index (χ0v) is 15.8. The van der Waals surface area contributed by atoms with E-state index < -0.39 is 35.2 Å². The van der Waals surface area contributed by atoms with Crippen LogP contribution in [0.5, 0.6) is 0 Å². The number of hydrogen-bond donors (Lipinski definition) is 1. The third-order valence-electron chi connectivity index (χ3n) is 4.75. The first kappa shape index (κ1) is 20.8. The fourth-order valence-electron chi connectivity index (χ4n) is 3.25.